The van der Waals surface area contributed by atoms with Crippen molar-refractivity contribution in [2.45, 2.75) is 31.8 Å². The fourth-order valence-corrected chi connectivity index (χ4v) is 2.40. The molecule has 3 N–H and O–H groups in total. The van der Waals surface area contributed by atoms with E-state index in [9.17, 15) is 0 Å². The molecule has 1 aliphatic rings. The summed E-state index contributed by atoms with van der Waals surface area (Å²) in [6.07, 6.45) is 3.86. The number of nitrogens with zero attached hydrogens (tertiary/aromatic N) is 3. The Hall–Kier alpha value is -1.62. The first-order valence-corrected chi connectivity index (χ1v) is 5.60. The molecule has 16 heavy (non-hydrogen) atoms. The van der Waals surface area contributed by atoms with Crippen molar-refractivity contribution in [3.05, 3.63) is 24.2 Å². The zero-order valence-corrected chi connectivity index (χ0v) is 9.22. The van der Waals surface area contributed by atoms with Crippen molar-refractivity contribution in [2.75, 3.05) is 5.73 Å². The zero-order chi connectivity index (χ0) is 11.1. The molecule has 0 spiro atoms. The lowest BCUT2D eigenvalue weighted by atomic mass is 10.1. The average molecular weight is 217 g/mol. The fourth-order valence-electron chi connectivity index (χ4n) is 2.40. The highest BCUT2D eigenvalue weighted by Gasteiger charge is 2.24. The van der Waals surface area contributed by atoms with Gasteiger partial charge in [-0.25, -0.2) is 9.50 Å². The maximum absolute atomic E-state index is 5.80. The van der Waals surface area contributed by atoms with Crippen LogP contribution in [0.2, 0.25) is 0 Å². The summed E-state index contributed by atoms with van der Waals surface area (Å²) in [6, 6.07) is 5.02. The van der Waals surface area contributed by atoms with Crippen molar-refractivity contribution < 1.29 is 0 Å². The molecule has 1 fully saturated rings. The Balaban J connectivity index is 2.08. The maximum Gasteiger partial charge on any atom is 0.151 e. The molecule has 0 aromatic carbocycles. The summed E-state index contributed by atoms with van der Waals surface area (Å²) in [4.78, 5) is 3.99. The normalized spacial score (nSPS) is 25.3. The molecule has 5 nitrogen and oxygen atoms in total. The van der Waals surface area contributed by atoms with Gasteiger partial charge in [-0.15, -0.1) is 0 Å². The molecule has 84 valence electrons. The van der Waals surface area contributed by atoms with Gasteiger partial charge in [0.2, 0.25) is 0 Å². The molecular weight excluding hydrogens is 202 g/mol. The number of nitrogen functional groups attached to an aromatic ring is 1. The summed E-state index contributed by atoms with van der Waals surface area (Å²) < 4.78 is 1.89. The summed E-state index contributed by atoms with van der Waals surface area (Å²) in [6.45, 7) is 2.21. The van der Waals surface area contributed by atoms with E-state index >= 15 is 0 Å². The molecule has 0 bridgehead atoms. The van der Waals surface area contributed by atoms with Gasteiger partial charge in [0.25, 0.3) is 0 Å². The first kappa shape index (κ1) is 9.59. The van der Waals surface area contributed by atoms with Crippen molar-refractivity contribution in [1.82, 2.24) is 19.9 Å². The second-order valence-electron chi connectivity index (χ2n) is 4.40. The van der Waals surface area contributed by atoms with Gasteiger partial charge < -0.3 is 11.1 Å². The van der Waals surface area contributed by atoms with E-state index in [0.29, 0.717) is 17.9 Å². The van der Waals surface area contributed by atoms with Gasteiger partial charge in [-0.1, -0.05) is 0 Å². The summed E-state index contributed by atoms with van der Waals surface area (Å²) in [7, 11) is 0. The van der Waals surface area contributed by atoms with Crippen molar-refractivity contribution in [1.29, 1.82) is 0 Å². The number of nitrogens with one attached hydrogen (secondary N) is 1. The van der Waals surface area contributed by atoms with Crippen LogP contribution in [0.5, 0.6) is 0 Å². The second kappa shape index (κ2) is 3.45. The van der Waals surface area contributed by atoms with Crippen LogP contribution in [0.1, 0.15) is 31.5 Å². The Morgan fingerprint density at radius 1 is 1.44 bits per heavy atom. The quantitative estimate of drug-likeness (QED) is 0.751. The summed E-state index contributed by atoms with van der Waals surface area (Å²) in [5.74, 6) is 0.535. The predicted molar refractivity (Wildman–Crippen MR) is 62.0 cm³/mol. The van der Waals surface area contributed by atoms with Crippen LogP contribution < -0.4 is 11.1 Å². The lowest BCUT2D eigenvalue weighted by Gasteiger charge is -2.11. The number of hydrogen-bond donors (Lipinski definition) is 2. The number of nitrogens with two attached hydrogens (primary N) is 1. The largest absolute Gasteiger partial charge is 0.382 e. The van der Waals surface area contributed by atoms with Gasteiger partial charge in [0.1, 0.15) is 11.8 Å². The minimum atomic E-state index is 0.381. The number of hydrogen-bond acceptors (Lipinski definition) is 4. The highest BCUT2D eigenvalue weighted by molar-refractivity contribution is 5.65. The smallest absolute Gasteiger partial charge is 0.151 e. The Labute approximate surface area is 93.7 Å². The molecule has 1 saturated heterocycles. The summed E-state index contributed by atoms with van der Waals surface area (Å²) >= 11 is 0. The van der Waals surface area contributed by atoms with Crippen molar-refractivity contribution in [3.8, 4) is 0 Å². The van der Waals surface area contributed by atoms with Gasteiger partial charge >= 0.3 is 0 Å². The minimum Gasteiger partial charge on any atom is -0.382 e. The van der Waals surface area contributed by atoms with Crippen LogP contribution >= 0.6 is 0 Å². The average Bonchev–Trinajstić information content (AvgIpc) is 2.84. The monoisotopic (exact) mass is 217 g/mol. The van der Waals surface area contributed by atoms with Gasteiger partial charge in [-0.05, 0) is 31.9 Å². The van der Waals surface area contributed by atoms with Gasteiger partial charge in [0, 0.05) is 12.1 Å². The molecule has 2 aromatic rings. The number of aromatic nitrogens is 3. The highest BCUT2D eigenvalue weighted by Crippen LogP contribution is 2.27. The summed E-state index contributed by atoms with van der Waals surface area (Å²) in [5.41, 5.74) is 7.87. The van der Waals surface area contributed by atoms with Crippen LogP contribution in [0.25, 0.3) is 5.52 Å². The highest BCUT2D eigenvalue weighted by atomic mass is 15.3. The Morgan fingerprint density at radius 2 is 2.31 bits per heavy atom. The molecule has 3 rings (SSSR count). The first-order chi connectivity index (χ1) is 7.75. The third kappa shape index (κ3) is 1.36. The van der Waals surface area contributed by atoms with E-state index in [1.807, 2.05) is 10.6 Å². The van der Waals surface area contributed by atoms with E-state index in [-0.39, 0.29) is 0 Å². The molecule has 0 radical (unpaired) electrons. The minimum absolute atomic E-state index is 0.381. The third-order valence-electron chi connectivity index (χ3n) is 3.24. The van der Waals surface area contributed by atoms with Crippen LogP contribution in [0.15, 0.2) is 18.5 Å². The van der Waals surface area contributed by atoms with Crippen LogP contribution in [0.3, 0.4) is 0 Å². The van der Waals surface area contributed by atoms with Crippen molar-refractivity contribution in [2.24, 2.45) is 0 Å². The molecule has 0 unspecified atom stereocenters. The lowest BCUT2D eigenvalue weighted by molar-refractivity contribution is 0.562. The first-order valence-electron chi connectivity index (χ1n) is 5.60. The maximum atomic E-state index is 5.80. The number of rotatable bonds is 1. The molecule has 2 atom stereocenters. The molecule has 0 saturated carbocycles. The fraction of sp³-hybridized carbons (Fsp3) is 0.455. The van der Waals surface area contributed by atoms with Crippen LogP contribution in [0.4, 0.5) is 5.82 Å². The molecule has 0 aliphatic carbocycles. The number of anilines is 1. The topological polar surface area (TPSA) is 68.2 Å². The van der Waals surface area contributed by atoms with E-state index in [4.69, 9.17) is 5.73 Å². The number of fused-ring (bicyclic) bond motifs is 1. The molecule has 0 amide bonds. The SMILES string of the molecule is C[C@@H]1CC[C@H](c2ccc3c(N)ncnn23)N1. The predicted octanol–water partition coefficient (Wildman–Crippen LogP) is 1.12. The Bertz CT molecular complexity index is 518. The van der Waals surface area contributed by atoms with Crippen LogP contribution in [-0.4, -0.2) is 20.6 Å². The van der Waals surface area contributed by atoms with E-state index < -0.39 is 0 Å². The lowest BCUT2D eigenvalue weighted by Crippen LogP contribution is -2.22. The van der Waals surface area contributed by atoms with Gasteiger partial charge in [0.15, 0.2) is 5.82 Å². The van der Waals surface area contributed by atoms with E-state index in [1.54, 1.807) is 0 Å². The van der Waals surface area contributed by atoms with Crippen molar-refractivity contribution in [3.63, 3.8) is 0 Å². The summed E-state index contributed by atoms with van der Waals surface area (Å²) in [5, 5.41) is 7.80. The van der Waals surface area contributed by atoms with E-state index in [0.717, 1.165) is 11.9 Å². The van der Waals surface area contributed by atoms with Gasteiger partial charge in [0.05, 0.1) is 5.69 Å². The van der Waals surface area contributed by atoms with Crippen LogP contribution in [-0.2, 0) is 0 Å². The molecule has 3 heterocycles. The third-order valence-corrected chi connectivity index (χ3v) is 3.24. The van der Waals surface area contributed by atoms with E-state index in [1.165, 1.54) is 18.4 Å². The van der Waals surface area contributed by atoms with Crippen molar-refractivity contribution >= 4 is 11.3 Å². The standard InChI is InChI=1S/C11H15N5/c1-7-2-3-8(15-7)9-4-5-10-11(12)13-6-14-16(9)10/h4-8,15H,2-3H2,1H3,(H2,12,13,14)/t7-,8-/m1/s1. The molecular formula is C11H15N5. The molecule has 1 aliphatic heterocycles. The van der Waals surface area contributed by atoms with Gasteiger partial charge in [-0.3, -0.25) is 0 Å². The zero-order valence-electron chi connectivity index (χ0n) is 9.22. The Kier molecular flexibility index (Phi) is 2.07. The van der Waals surface area contributed by atoms with Gasteiger partial charge in [-0.2, -0.15) is 5.10 Å². The van der Waals surface area contributed by atoms with Crippen LogP contribution in [0, 0.1) is 0 Å². The Morgan fingerprint density at radius 3 is 3.06 bits per heavy atom. The second-order valence-corrected chi connectivity index (χ2v) is 4.40. The molecule has 2 aromatic heterocycles. The molecule has 5 heteroatoms. The van der Waals surface area contributed by atoms with E-state index in [2.05, 4.69) is 28.4 Å².